The van der Waals surface area contributed by atoms with Crippen molar-refractivity contribution in [2.75, 3.05) is 0 Å². The third-order valence-corrected chi connectivity index (χ3v) is 11.1. The van der Waals surface area contributed by atoms with E-state index in [4.69, 9.17) is 15.0 Å². The van der Waals surface area contributed by atoms with Crippen LogP contribution in [0.4, 0.5) is 0 Å². The lowest BCUT2D eigenvalue weighted by Gasteiger charge is -2.13. The van der Waals surface area contributed by atoms with E-state index in [-0.39, 0.29) is 0 Å². The van der Waals surface area contributed by atoms with Gasteiger partial charge in [0.05, 0.1) is 22.1 Å². The van der Waals surface area contributed by atoms with Gasteiger partial charge in [0, 0.05) is 58.5 Å². The molecule has 6 heteroatoms. The molecule has 11 rings (SSSR count). The second-order valence-electron chi connectivity index (χ2n) is 12.8. The van der Waals surface area contributed by atoms with Crippen LogP contribution in [0, 0.1) is 0 Å². The minimum Gasteiger partial charge on any atom is -0.307 e. The Morgan fingerprint density at radius 3 is 1.53 bits per heavy atom. The smallest absolute Gasteiger partial charge is 0.238 e. The highest BCUT2D eigenvalue weighted by atomic mass is 32.1. The highest BCUT2D eigenvalue weighted by Crippen LogP contribution is 2.51. The van der Waals surface area contributed by atoms with Crippen molar-refractivity contribution in [3.05, 3.63) is 164 Å². The zero-order chi connectivity index (χ0) is 33.5. The molecule has 0 radical (unpaired) electrons. The predicted molar refractivity (Wildman–Crippen MR) is 212 cm³/mol. The van der Waals surface area contributed by atoms with Crippen LogP contribution in [-0.2, 0) is 0 Å². The van der Waals surface area contributed by atoms with E-state index in [1.54, 1.807) is 0 Å². The Balaban J connectivity index is 1.42. The van der Waals surface area contributed by atoms with Crippen LogP contribution in [0.25, 0.3) is 98.2 Å². The highest BCUT2D eigenvalue weighted by molar-refractivity contribution is 7.27. The van der Waals surface area contributed by atoms with Crippen LogP contribution in [0.1, 0.15) is 0 Å². The summed E-state index contributed by atoms with van der Waals surface area (Å²) in [7, 11) is 0. The minimum atomic E-state index is 0.584. The maximum Gasteiger partial charge on any atom is 0.238 e. The van der Waals surface area contributed by atoms with Crippen LogP contribution >= 0.6 is 11.3 Å². The molecule has 51 heavy (non-hydrogen) atoms. The van der Waals surface area contributed by atoms with E-state index in [9.17, 15) is 0 Å². The Kier molecular flexibility index (Phi) is 6.05. The molecule has 0 atom stereocenters. The van der Waals surface area contributed by atoms with Gasteiger partial charge in [0.2, 0.25) is 5.95 Å². The zero-order valence-electron chi connectivity index (χ0n) is 27.2. The van der Waals surface area contributed by atoms with Crippen LogP contribution in [-0.4, -0.2) is 24.1 Å². The second-order valence-corrected chi connectivity index (χ2v) is 13.9. The maximum absolute atomic E-state index is 5.29. The van der Waals surface area contributed by atoms with E-state index in [0.29, 0.717) is 17.6 Å². The van der Waals surface area contributed by atoms with Gasteiger partial charge in [-0.15, -0.1) is 11.3 Å². The zero-order valence-corrected chi connectivity index (χ0v) is 28.0. The van der Waals surface area contributed by atoms with Gasteiger partial charge in [0.15, 0.2) is 11.6 Å². The standard InChI is InChI=1S/C45H27N5S/c1-4-16-28(17-5-1)43-46-44(29-18-6-2-7-19-29)48-45(47-43)50-35-26-14-11-23-32(35)39-41(50)40-37(38-33-24-12-15-27-36(33)51-42(38)39)31-22-10-13-25-34(31)49(40)30-20-8-3-9-21-30/h1-27H. The molecule has 4 aromatic heterocycles. The first kappa shape index (κ1) is 28.2. The van der Waals surface area contributed by atoms with Gasteiger partial charge in [0.25, 0.3) is 0 Å². The fourth-order valence-corrected chi connectivity index (χ4v) is 9.10. The molecular weight excluding hydrogens is 643 g/mol. The average molecular weight is 670 g/mol. The van der Waals surface area contributed by atoms with E-state index in [0.717, 1.165) is 38.9 Å². The molecule has 7 aromatic carbocycles. The number of para-hydroxylation sites is 3. The lowest BCUT2D eigenvalue weighted by atomic mass is 10.0. The van der Waals surface area contributed by atoms with Crippen molar-refractivity contribution in [2.24, 2.45) is 0 Å². The topological polar surface area (TPSA) is 48.5 Å². The van der Waals surface area contributed by atoms with Crippen molar-refractivity contribution in [3.63, 3.8) is 0 Å². The van der Waals surface area contributed by atoms with E-state index in [2.05, 4.69) is 137 Å². The molecule has 5 nitrogen and oxygen atoms in total. The Bertz CT molecular complexity index is 3060. The Labute approximate surface area is 296 Å². The second kappa shape index (κ2) is 10.9. The van der Waals surface area contributed by atoms with Gasteiger partial charge >= 0.3 is 0 Å². The molecule has 0 saturated carbocycles. The van der Waals surface area contributed by atoms with Gasteiger partial charge in [-0.2, -0.15) is 9.97 Å². The first-order chi connectivity index (χ1) is 25.3. The van der Waals surface area contributed by atoms with Crippen molar-refractivity contribution in [1.82, 2.24) is 24.1 Å². The normalized spacial score (nSPS) is 11.9. The van der Waals surface area contributed by atoms with E-state index in [1.165, 1.54) is 41.7 Å². The molecule has 0 aliphatic heterocycles. The molecule has 0 unspecified atom stereocenters. The summed E-state index contributed by atoms with van der Waals surface area (Å²) < 4.78 is 7.26. The summed E-state index contributed by atoms with van der Waals surface area (Å²) in [6.07, 6.45) is 0. The van der Waals surface area contributed by atoms with Gasteiger partial charge in [-0.05, 0) is 30.3 Å². The first-order valence-electron chi connectivity index (χ1n) is 17.1. The van der Waals surface area contributed by atoms with Gasteiger partial charge in [-0.3, -0.25) is 4.57 Å². The summed E-state index contributed by atoms with van der Waals surface area (Å²) in [5.41, 5.74) is 7.40. The largest absolute Gasteiger partial charge is 0.307 e. The van der Waals surface area contributed by atoms with Crippen LogP contribution in [0.5, 0.6) is 0 Å². The van der Waals surface area contributed by atoms with Crippen LogP contribution in [0.2, 0.25) is 0 Å². The van der Waals surface area contributed by atoms with Gasteiger partial charge < -0.3 is 4.57 Å². The molecule has 0 fully saturated rings. The average Bonchev–Trinajstić information content (AvgIpc) is 3.87. The third kappa shape index (κ3) is 4.11. The van der Waals surface area contributed by atoms with Crippen molar-refractivity contribution >= 4 is 75.1 Å². The molecule has 0 amide bonds. The SMILES string of the molecule is c1ccc(-c2nc(-c3ccccc3)nc(-n3c4ccccc4c4c5sc6ccccc6c5c5c6ccccc6n(-c6ccccc6)c5c43)n2)cc1. The Morgan fingerprint density at radius 2 is 0.882 bits per heavy atom. The number of hydrogen-bond donors (Lipinski definition) is 0. The Hall–Kier alpha value is -6.63. The molecule has 11 aromatic rings. The summed E-state index contributed by atoms with van der Waals surface area (Å²) in [6, 6.07) is 57.4. The molecule has 4 heterocycles. The first-order valence-corrected chi connectivity index (χ1v) is 17.9. The molecule has 0 bridgehead atoms. The van der Waals surface area contributed by atoms with Gasteiger partial charge in [0.1, 0.15) is 0 Å². The molecule has 0 spiro atoms. The quantitative estimate of drug-likeness (QED) is 0.187. The summed E-state index contributed by atoms with van der Waals surface area (Å²) in [5, 5.41) is 7.39. The van der Waals surface area contributed by atoms with Gasteiger partial charge in [-0.1, -0.05) is 133 Å². The summed E-state index contributed by atoms with van der Waals surface area (Å²) in [5.74, 6) is 1.85. The fraction of sp³-hybridized carbons (Fsp3) is 0. The monoisotopic (exact) mass is 669 g/mol. The Morgan fingerprint density at radius 1 is 0.392 bits per heavy atom. The highest BCUT2D eigenvalue weighted by Gasteiger charge is 2.28. The molecule has 238 valence electrons. The number of aromatic nitrogens is 5. The van der Waals surface area contributed by atoms with Crippen LogP contribution in [0.15, 0.2) is 164 Å². The molecule has 0 aliphatic rings. The number of fused-ring (bicyclic) bond motifs is 12. The number of benzene rings is 7. The summed E-state index contributed by atoms with van der Waals surface area (Å²) in [6.45, 7) is 0. The maximum atomic E-state index is 5.29. The van der Waals surface area contributed by atoms with E-state index < -0.39 is 0 Å². The van der Waals surface area contributed by atoms with Crippen LogP contribution in [0.3, 0.4) is 0 Å². The lowest BCUT2D eigenvalue weighted by molar-refractivity contribution is 0.953. The van der Waals surface area contributed by atoms with Gasteiger partial charge in [-0.25, -0.2) is 4.98 Å². The minimum absolute atomic E-state index is 0.584. The number of rotatable bonds is 4. The number of thiophene rings is 1. The third-order valence-electron chi connectivity index (χ3n) is 9.95. The number of nitrogens with zero attached hydrogens (tertiary/aromatic N) is 5. The summed E-state index contributed by atoms with van der Waals surface area (Å²) >= 11 is 1.87. The van der Waals surface area contributed by atoms with Crippen LogP contribution < -0.4 is 0 Å². The molecular formula is C45H27N5S. The van der Waals surface area contributed by atoms with E-state index in [1.807, 2.05) is 47.7 Å². The molecule has 0 saturated heterocycles. The molecule has 0 N–H and O–H groups in total. The van der Waals surface area contributed by atoms with Crippen molar-refractivity contribution in [2.45, 2.75) is 0 Å². The molecule has 0 aliphatic carbocycles. The fourth-order valence-electron chi connectivity index (χ4n) is 7.83. The van der Waals surface area contributed by atoms with Crippen molar-refractivity contribution < 1.29 is 0 Å². The summed E-state index contributed by atoms with van der Waals surface area (Å²) in [4.78, 5) is 15.6. The number of hydrogen-bond acceptors (Lipinski definition) is 4. The lowest BCUT2D eigenvalue weighted by Crippen LogP contribution is -2.07. The van der Waals surface area contributed by atoms with Crippen molar-refractivity contribution in [3.8, 4) is 34.4 Å². The van der Waals surface area contributed by atoms with Crippen molar-refractivity contribution in [1.29, 1.82) is 0 Å². The van der Waals surface area contributed by atoms with E-state index >= 15 is 0 Å². The predicted octanol–water partition coefficient (Wildman–Crippen LogP) is 11.8.